The van der Waals surface area contributed by atoms with Crippen LogP contribution in [0.3, 0.4) is 0 Å². The highest BCUT2D eigenvalue weighted by atomic mass is 19.4. The second-order valence-corrected chi connectivity index (χ2v) is 4.76. The number of amides is 1. The van der Waals surface area contributed by atoms with Crippen molar-refractivity contribution in [2.75, 3.05) is 0 Å². The summed E-state index contributed by atoms with van der Waals surface area (Å²) in [7, 11) is 0. The number of aromatic amines is 1. The molecule has 3 N–H and O–H groups in total. The number of carbonyl (C=O) groups excluding carboxylic acids is 1. The van der Waals surface area contributed by atoms with Gasteiger partial charge in [0.05, 0.1) is 0 Å². The molecular formula is C14H13F3N2O3. The molecule has 1 amide bonds. The number of H-pyrrole nitrogens is 1. The van der Waals surface area contributed by atoms with Crippen molar-refractivity contribution in [3.05, 3.63) is 36.0 Å². The number of fused-ring (bicyclic) bond motifs is 1. The molecule has 1 heterocycles. The predicted molar refractivity (Wildman–Crippen MR) is 72.2 cm³/mol. The number of carboxylic acid groups (broad SMARTS) is 1. The molecule has 1 aromatic carbocycles. The molecule has 1 aromatic heterocycles. The van der Waals surface area contributed by atoms with Crippen LogP contribution in [0.25, 0.3) is 10.9 Å². The summed E-state index contributed by atoms with van der Waals surface area (Å²) in [5.74, 6) is -3.75. The Balaban J connectivity index is 2.06. The molecule has 2 rings (SSSR count). The third kappa shape index (κ3) is 3.57. The highest BCUT2D eigenvalue weighted by Gasteiger charge is 2.40. The number of benzene rings is 1. The minimum atomic E-state index is -5.10. The number of aryl methyl sites for hydroxylation is 1. The fraction of sp³-hybridized carbons (Fsp3) is 0.286. The van der Waals surface area contributed by atoms with E-state index >= 15 is 0 Å². The molecule has 2 aromatic rings. The standard InChI is InChI=1S/C14H13F3N2O3/c15-14(16,17)13(22)19-11(12(20)21)6-5-8-7-18-10-4-2-1-3-9(8)10/h1-4,7,11,18H,5-6H2,(H,19,22)(H,20,21). The number of alkyl halides is 3. The second kappa shape index (κ2) is 6.08. The predicted octanol–water partition coefficient (Wildman–Crippen LogP) is 2.23. The number of hydrogen-bond acceptors (Lipinski definition) is 2. The summed E-state index contributed by atoms with van der Waals surface area (Å²) in [4.78, 5) is 24.8. The molecule has 22 heavy (non-hydrogen) atoms. The van der Waals surface area contributed by atoms with Crippen LogP contribution in [0.15, 0.2) is 30.5 Å². The van der Waals surface area contributed by atoms with E-state index in [4.69, 9.17) is 5.11 Å². The van der Waals surface area contributed by atoms with E-state index in [0.717, 1.165) is 16.5 Å². The Hall–Kier alpha value is -2.51. The minimum Gasteiger partial charge on any atom is -0.480 e. The summed E-state index contributed by atoms with van der Waals surface area (Å²) in [6.07, 6.45) is -3.35. The number of rotatable bonds is 5. The third-order valence-corrected chi connectivity index (χ3v) is 3.24. The van der Waals surface area contributed by atoms with Crippen LogP contribution in [0.2, 0.25) is 0 Å². The molecule has 0 bridgehead atoms. The number of carbonyl (C=O) groups is 2. The molecule has 118 valence electrons. The van der Waals surface area contributed by atoms with Gasteiger partial charge in [0.25, 0.3) is 0 Å². The highest BCUT2D eigenvalue weighted by molar-refractivity contribution is 5.87. The summed E-state index contributed by atoms with van der Waals surface area (Å²) >= 11 is 0. The van der Waals surface area contributed by atoms with Gasteiger partial charge in [-0.1, -0.05) is 18.2 Å². The quantitative estimate of drug-likeness (QED) is 0.791. The van der Waals surface area contributed by atoms with Gasteiger partial charge in [0.15, 0.2) is 0 Å². The largest absolute Gasteiger partial charge is 0.480 e. The maximum atomic E-state index is 12.2. The lowest BCUT2D eigenvalue weighted by Crippen LogP contribution is -2.47. The van der Waals surface area contributed by atoms with Crippen LogP contribution >= 0.6 is 0 Å². The highest BCUT2D eigenvalue weighted by Crippen LogP contribution is 2.20. The average molecular weight is 314 g/mol. The Morgan fingerprint density at radius 1 is 1.27 bits per heavy atom. The van der Waals surface area contributed by atoms with E-state index < -0.39 is 24.1 Å². The number of halogens is 3. The van der Waals surface area contributed by atoms with Crippen LogP contribution in [0.1, 0.15) is 12.0 Å². The first-order valence-corrected chi connectivity index (χ1v) is 6.44. The van der Waals surface area contributed by atoms with Crippen molar-refractivity contribution < 1.29 is 27.9 Å². The van der Waals surface area contributed by atoms with Gasteiger partial charge in [0.2, 0.25) is 0 Å². The van der Waals surface area contributed by atoms with E-state index in [2.05, 4.69) is 4.98 Å². The van der Waals surface area contributed by atoms with E-state index in [0.29, 0.717) is 0 Å². The van der Waals surface area contributed by atoms with E-state index in [9.17, 15) is 22.8 Å². The molecule has 0 aliphatic rings. The van der Waals surface area contributed by atoms with Crippen molar-refractivity contribution in [1.82, 2.24) is 10.3 Å². The number of nitrogens with one attached hydrogen (secondary N) is 2. The second-order valence-electron chi connectivity index (χ2n) is 4.76. The number of hydrogen-bond donors (Lipinski definition) is 3. The molecule has 0 fully saturated rings. The van der Waals surface area contributed by atoms with Crippen LogP contribution < -0.4 is 5.32 Å². The zero-order valence-electron chi connectivity index (χ0n) is 11.3. The maximum Gasteiger partial charge on any atom is 0.471 e. The normalized spacial score (nSPS) is 13.0. The topological polar surface area (TPSA) is 82.2 Å². The monoisotopic (exact) mass is 314 g/mol. The van der Waals surface area contributed by atoms with Crippen molar-refractivity contribution in [3.63, 3.8) is 0 Å². The number of carboxylic acids is 1. The Morgan fingerprint density at radius 3 is 2.59 bits per heavy atom. The van der Waals surface area contributed by atoms with E-state index in [1.54, 1.807) is 12.3 Å². The van der Waals surface area contributed by atoms with Gasteiger partial charge in [-0.3, -0.25) is 4.79 Å². The van der Waals surface area contributed by atoms with Gasteiger partial charge in [0, 0.05) is 17.1 Å². The minimum absolute atomic E-state index is 0.140. The Morgan fingerprint density at radius 2 is 1.95 bits per heavy atom. The SMILES string of the molecule is O=C(O)C(CCc1c[nH]c2ccccc12)NC(=O)C(F)(F)F. The fourth-order valence-corrected chi connectivity index (χ4v) is 2.14. The molecule has 0 spiro atoms. The van der Waals surface area contributed by atoms with Crippen molar-refractivity contribution in [3.8, 4) is 0 Å². The average Bonchev–Trinajstić information content (AvgIpc) is 2.85. The van der Waals surface area contributed by atoms with Crippen molar-refractivity contribution in [1.29, 1.82) is 0 Å². The molecule has 0 aliphatic carbocycles. The molecule has 8 heteroatoms. The van der Waals surface area contributed by atoms with Gasteiger partial charge >= 0.3 is 18.1 Å². The summed E-state index contributed by atoms with van der Waals surface area (Å²) in [5, 5.41) is 11.3. The molecule has 5 nitrogen and oxygen atoms in total. The zero-order chi connectivity index (χ0) is 16.3. The van der Waals surface area contributed by atoms with Gasteiger partial charge in [-0.25, -0.2) is 4.79 Å². The first kappa shape index (κ1) is 15.9. The Kier molecular flexibility index (Phi) is 4.39. The molecular weight excluding hydrogens is 301 g/mol. The fourth-order valence-electron chi connectivity index (χ4n) is 2.14. The Bertz CT molecular complexity index is 694. The van der Waals surface area contributed by atoms with Crippen LogP contribution in [-0.4, -0.2) is 34.2 Å². The van der Waals surface area contributed by atoms with Gasteiger partial charge in [-0.2, -0.15) is 13.2 Å². The Labute approximate surface area is 123 Å². The maximum absolute atomic E-state index is 12.2. The zero-order valence-corrected chi connectivity index (χ0v) is 11.3. The third-order valence-electron chi connectivity index (χ3n) is 3.24. The first-order chi connectivity index (χ1) is 10.3. The lowest BCUT2D eigenvalue weighted by atomic mass is 10.0. The van der Waals surface area contributed by atoms with Gasteiger partial charge in [-0.15, -0.1) is 0 Å². The first-order valence-electron chi connectivity index (χ1n) is 6.44. The molecule has 1 unspecified atom stereocenters. The number of aromatic nitrogens is 1. The van der Waals surface area contributed by atoms with Crippen LogP contribution in [-0.2, 0) is 16.0 Å². The molecule has 1 atom stereocenters. The lowest BCUT2D eigenvalue weighted by Gasteiger charge is -2.15. The summed E-state index contributed by atoms with van der Waals surface area (Å²) in [5.41, 5.74) is 1.63. The molecule has 0 aliphatic heterocycles. The van der Waals surface area contributed by atoms with Crippen molar-refractivity contribution in [2.45, 2.75) is 25.1 Å². The number of para-hydroxylation sites is 1. The van der Waals surface area contributed by atoms with Crippen molar-refractivity contribution >= 4 is 22.8 Å². The van der Waals surface area contributed by atoms with E-state index in [1.807, 2.05) is 18.2 Å². The summed E-state index contributed by atoms with van der Waals surface area (Å²) in [6, 6.07) is 5.69. The molecule has 0 radical (unpaired) electrons. The van der Waals surface area contributed by atoms with Gasteiger partial charge in [-0.05, 0) is 24.5 Å². The summed E-state index contributed by atoms with van der Waals surface area (Å²) < 4.78 is 36.6. The van der Waals surface area contributed by atoms with Gasteiger partial charge in [0.1, 0.15) is 6.04 Å². The van der Waals surface area contributed by atoms with Gasteiger partial charge < -0.3 is 15.4 Å². The summed E-state index contributed by atoms with van der Waals surface area (Å²) in [6.45, 7) is 0. The molecule has 0 saturated heterocycles. The van der Waals surface area contributed by atoms with Crippen LogP contribution in [0.5, 0.6) is 0 Å². The van der Waals surface area contributed by atoms with E-state index in [1.165, 1.54) is 5.32 Å². The van der Waals surface area contributed by atoms with E-state index in [-0.39, 0.29) is 12.8 Å². The smallest absolute Gasteiger partial charge is 0.471 e. The van der Waals surface area contributed by atoms with Crippen molar-refractivity contribution in [2.24, 2.45) is 0 Å². The lowest BCUT2D eigenvalue weighted by molar-refractivity contribution is -0.175. The van der Waals surface area contributed by atoms with Crippen LogP contribution in [0, 0.1) is 0 Å². The number of aliphatic carboxylic acids is 1. The molecule has 0 saturated carbocycles. The van der Waals surface area contributed by atoms with Crippen LogP contribution in [0.4, 0.5) is 13.2 Å².